The highest BCUT2D eigenvalue weighted by atomic mass is 16.5. The SMILES string of the molecule is C[C@@H]1CCCC[C@H]1Oc1ccccc1CCO. The van der Waals surface area contributed by atoms with Crippen LogP contribution in [0.1, 0.15) is 38.2 Å². The number of hydrogen-bond acceptors (Lipinski definition) is 2. The van der Waals surface area contributed by atoms with E-state index in [1.165, 1.54) is 19.3 Å². The van der Waals surface area contributed by atoms with Crippen LogP contribution in [0.3, 0.4) is 0 Å². The van der Waals surface area contributed by atoms with Gasteiger partial charge in [-0.15, -0.1) is 0 Å². The molecule has 1 aromatic carbocycles. The van der Waals surface area contributed by atoms with Gasteiger partial charge in [-0.1, -0.05) is 31.5 Å². The van der Waals surface area contributed by atoms with E-state index in [0.717, 1.165) is 17.7 Å². The minimum Gasteiger partial charge on any atom is -0.490 e. The van der Waals surface area contributed by atoms with Gasteiger partial charge in [-0.25, -0.2) is 0 Å². The molecule has 2 rings (SSSR count). The highest BCUT2D eigenvalue weighted by molar-refractivity contribution is 5.33. The lowest BCUT2D eigenvalue weighted by atomic mass is 9.88. The summed E-state index contributed by atoms with van der Waals surface area (Å²) < 4.78 is 6.14. The maximum atomic E-state index is 9.05. The van der Waals surface area contributed by atoms with Gasteiger partial charge in [0.15, 0.2) is 0 Å². The van der Waals surface area contributed by atoms with Gasteiger partial charge in [0, 0.05) is 6.61 Å². The summed E-state index contributed by atoms with van der Waals surface area (Å²) in [4.78, 5) is 0. The number of benzene rings is 1. The first-order valence-electron chi connectivity index (χ1n) is 6.66. The minimum atomic E-state index is 0.181. The van der Waals surface area contributed by atoms with E-state index in [4.69, 9.17) is 9.84 Å². The van der Waals surface area contributed by atoms with E-state index in [-0.39, 0.29) is 6.61 Å². The molecule has 0 spiro atoms. The van der Waals surface area contributed by atoms with Gasteiger partial charge in [-0.05, 0) is 43.2 Å². The summed E-state index contributed by atoms with van der Waals surface area (Å²) in [5.74, 6) is 1.60. The van der Waals surface area contributed by atoms with Crippen molar-refractivity contribution in [3.63, 3.8) is 0 Å². The summed E-state index contributed by atoms with van der Waals surface area (Å²) in [5.41, 5.74) is 1.12. The summed E-state index contributed by atoms with van der Waals surface area (Å²) in [6.07, 6.45) is 6.07. The Balaban J connectivity index is 2.06. The molecule has 1 aliphatic rings. The van der Waals surface area contributed by atoms with E-state index in [1.807, 2.05) is 24.3 Å². The van der Waals surface area contributed by atoms with Crippen LogP contribution in [0.4, 0.5) is 0 Å². The lowest BCUT2D eigenvalue weighted by Crippen LogP contribution is -2.28. The molecule has 1 fully saturated rings. The fourth-order valence-corrected chi connectivity index (χ4v) is 2.57. The fraction of sp³-hybridized carbons (Fsp3) is 0.600. The van der Waals surface area contributed by atoms with Crippen molar-refractivity contribution < 1.29 is 9.84 Å². The molecule has 0 amide bonds. The zero-order valence-electron chi connectivity index (χ0n) is 10.6. The number of aliphatic hydroxyl groups excluding tert-OH is 1. The van der Waals surface area contributed by atoms with E-state index >= 15 is 0 Å². The number of hydrogen-bond donors (Lipinski definition) is 1. The molecule has 17 heavy (non-hydrogen) atoms. The first-order chi connectivity index (χ1) is 8.31. The molecule has 0 radical (unpaired) electrons. The van der Waals surface area contributed by atoms with E-state index in [1.54, 1.807) is 0 Å². The summed E-state index contributed by atoms with van der Waals surface area (Å²) in [6, 6.07) is 8.07. The van der Waals surface area contributed by atoms with Crippen LogP contribution in [-0.4, -0.2) is 17.8 Å². The monoisotopic (exact) mass is 234 g/mol. The van der Waals surface area contributed by atoms with E-state index in [9.17, 15) is 0 Å². The van der Waals surface area contributed by atoms with Crippen molar-refractivity contribution in [1.82, 2.24) is 0 Å². The zero-order chi connectivity index (χ0) is 12.1. The Kier molecular flexibility index (Phi) is 4.43. The van der Waals surface area contributed by atoms with E-state index in [0.29, 0.717) is 18.4 Å². The van der Waals surface area contributed by atoms with Gasteiger partial charge in [0.1, 0.15) is 11.9 Å². The highest BCUT2D eigenvalue weighted by Gasteiger charge is 2.23. The molecule has 1 N–H and O–H groups in total. The Morgan fingerprint density at radius 3 is 2.76 bits per heavy atom. The summed E-state index contributed by atoms with van der Waals surface area (Å²) in [7, 11) is 0. The van der Waals surface area contributed by atoms with Crippen LogP contribution < -0.4 is 4.74 Å². The van der Waals surface area contributed by atoms with Gasteiger partial charge in [-0.2, -0.15) is 0 Å². The molecule has 2 atom stereocenters. The molecular formula is C15H22O2. The predicted molar refractivity (Wildman–Crippen MR) is 69.3 cm³/mol. The van der Waals surface area contributed by atoms with Crippen LogP contribution in [0.15, 0.2) is 24.3 Å². The minimum absolute atomic E-state index is 0.181. The molecular weight excluding hydrogens is 212 g/mol. The van der Waals surface area contributed by atoms with Gasteiger partial charge < -0.3 is 9.84 Å². The number of aliphatic hydroxyl groups is 1. The molecule has 1 aromatic rings. The van der Waals surface area contributed by atoms with Crippen molar-refractivity contribution in [3.05, 3.63) is 29.8 Å². The number of para-hydroxylation sites is 1. The van der Waals surface area contributed by atoms with Crippen molar-refractivity contribution in [2.24, 2.45) is 5.92 Å². The van der Waals surface area contributed by atoms with Crippen LogP contribution in [0.5, 0.6) is 5.75 Å². The van der Waals surface area contributed by atoms with Crippen LogP contribution in [0.2, 0.25) is 0 Å². The van der Waals surface area contributed by atoms with Crippen LogP contribution in [0, 0.1) is 5.92 Å². The smallest absolute Gasteiger partial charge is 0.123 e. The molecule has 1 saturated carbocycles. The standard InChI is InChI=1S/C15H22O2/c1-12-6-2-4-8-14(12)17-15-9-5-3-7-13(15)10-11-16/h3,5,7,9,12,14,16H,2,4,6,8,10-11H2,1H3/t12-,14-/m1/s1. The first kappa shape index (κ1) is 12.4. The third kappa shape index (κ3) is 3.22. The van der Waals surface area contributed by atoms with E-state index in [2.05, 4.69) is 6.92 Å². The van der Waals surface area contributed by atoms with Gasteiger partial charge >= 0.3 is 0 Å². The quantitative estimate of drug-likeness (QED) is 0.867. The first-order valence-corrected chi connectivity index (χ1v) is 6.66. The maximum Gasteiger partial charge on any atom is 0.123 e. The molecule has 0 saturated heterocycles. The fourth-order valence-electron chi connectivity index (χ4n) is 2.57. The molecule has 0 heterocycles. The van der Waals surface area contributed by atoms with Crippen LogP contribution >= 0.6 is 0 Å². The molecule has 2 heteroatoms. The Morgan fingerprint density at radius 2 is 2.00 bits per heavy atom. The lowest BCUT2D eigenvalue weighted by molar-refractivity contribution is 0.101. The Bertz CT molecular complexity index is 349. The zero-order valence-corrected chi connectivity index (χ0v) is 10.6. The molecule has 2 nitrogen and oxygen atoms in total. The van der Waals surface area contributed by atoms with Gasteiger partial charge in [-0.3, -0.25) is 0 Å². The van der Waals surface area contributed by atoms with Crippen LogP contribution in [0.25, 0.3) is 0 Å². The average molecular weight is 234 g/mol. The Labute approximate surface area is 104 Å². The number of rotatable bonds is 4. The molecule has 0 aliphatic heterocycles. The molecule has 0 unspecified atom stereocenters. The largest absolute Gasteiger partial charge is 0.490 e. The van der Waals surface area contributed by atoms with Gasteiger partial charge in [0.2, 0.25) is 0 Å². The summed E-state index contributed by atoms with van der Waals surface area (Å²) >= 11 is 0. The molecule has 0 aromatic heterocycles. The second-order valence-electron chi connectivity index (χ2n) is 5.00. The third-order valence-electron chi connectivity index (χ3n) is 3.66. The second kappa shape index (κ2) is 6.06. The summed E-state index contributed by atoms with van der Waals surface area (Å²) in [5, 5.41) is 9.05. The molecule has 0 bridgehead atoms. The van der Waals surface area contributed by atoms with Gasteiger partial charge in [0.25, 0.3) is 0 Å². The Morgan fingerprint density at radius 1 is 1.24 bits per heavy atom. The molecule has 1 aliphatic carbocycles. The Hall–Kier alpha value is -1.02. The van der Waals surface area contributed by atoms with Crippen molar-refractivity contribution >= 4 is 0 Å². The number of ether oxygens (including phenoxy) is 1. The second-order valence-corrected chi connectivity index (χ2v) is 5.00. The average Bonchev–Trinajstić information content (AvgIpc) is 2.35. The molecule has 94 valence electrons. The highest BCUT2D eigenvalue weighted by Crippen LogP contribution is 2.29. The van der Waals surface area contributed by atoms with Crippen molar-refractivity contribution in [2.45, 2.75) is 45.1 Å². The third-order valence-corrected chi connectivity index (χ3v) is 3.66. The topological polar surface area (TPSA) is 29.5 Å². The van der Waals surface area contributed by atoms with Gasteiger partial charge in [0.05, 0.1) is 0 Å². The summed E-state index contributed by atoms with van der Waals surface area (Å²) in [6.45, 7) is 2.46. The lowest BCUT2D eigenvalue weighted by Gasteiger charge is -2.30. The maximum absolute atomic E-state index is 9.05. The van der Waals surface area contributed by atoms with Crippen LogP contribution in [-0.2, 0) is 6.42 Å². The van der Waals surface area contributed by atoms with Crippen molar-refractivity contribution in [3.8, 4) is 5.75 Å². The van der Waals surface area contributed by atoms with Crippen molar-refractivity contribution in [2.75, 3.05) is 6.61 Å². The van der Waals surface area contributed by atoms with Crippen molar-refractivity contribution in [1.29, 1.82) is 0 Å². The van der Waals surface area contributed by atoms with E-state index < -0.39 is 0 Å². The normalized spacial score (nSPS) is 24.6. The predicted octanol–water partition coefficient (Wildman–Crippen LogP) is 3.18.